The van der Waals surface area contributed by atoms with Crippen LogP contribution in [0, 0.1) is 18.8 Å². The molecule has 3 aliphatic rings. The van der Waals surface area contributed by atoms with Crippen LogP contribution in [0.5, 0.6) is 0 Å². The topological polar surface area (TPSA) is 75.4 Å². The summed E-state index contributed by atoms with van der Waals surface area (Å²) in [4.78, 5) is 20.3. The van der Waals surface area contributed by atoms with Gasteiger partial charge in [0.25, 0.3) is 0 Å². The molecular formula is C36H44F6N8O. The number of hydrogen-bond acceptors (Lipinski definition) is 8. The lowest BCUT2D eigenvalue weighted by Crippen LogP contribution is -2.36. The van der Waals surface area contributed by atoms with Crippen molar-refractivity contribution >= 4 is 28.5 Å². The number of rotatable bonds is 11. The SMILES string of the molecule is CC.Cc1nn(C)c2nc(N(CC3CC3)CC3CC3)c(CN(Cc3cc(C(F)(F)F)cc(C(F)(F)F)c3)c3ncc(N4CCOCC4)cn3)cc12. The van der Waals surface area contributed by atoms with Crippen molar-refractivity contribution in [1.82, 2.24) is 24.7 Å². The smallest absolute Gasteiger partial charge is 0.378 e. The second-order valence-corrected chi connectivity index (χ2v) is 13.5. The van der Waals surface area contributed by atoms with Gasteiger partial charge >= 0.3 is 12.4 Å². The molecule has 4 aromatic rings. The molecule has 15 heteroatoms. The summed E-state index contributed by atoms with van der Waals surface area (Å²) in [5.74, 6) is 2.02. The molecule has 0 amide bonds. The molecule has 7 rings (SSSR count). The van der Waals surface area contributed by atoms with E-state index in [1.807, 2.05) is 33.9 Å². The first-order valence-electron chi connectivity index (χ1n) is 17.6. The average molecular weight is 719 g/mol. The number of pyridine rings is 1. The molecule has 1 aromatic carbocycles. The molecule has 3 fully saturated rings. The highest BCUT2D eigenvalue weighted by molar-refractivity contribution is 5.82. The molecule has 0 N–H and O–H groups in total. The number of morpholine rings is 1. The van der Waals surface area contributed by atoms with Crippen LogP contribution in [0.2, 0.25) is 0 Å². The molecule has 2 saturated carbocycles. The highest BCUT2D eigenvalue weighted by Crippen LogP contribution is 2.39. The minimum Gasteiger partial charge on any atom is -0.378 e. The molecule has 1 saturated heterocycles. The van der Waals surface area contributed by atoms with Gasteiger partial charge < -0.3 is 19.4 Å². The van der Waals surface area contributed by atoms with Gasteiger partial charge in [-0.25, -0.2) is 15.0 Å². The van der Waals surface area contributed by atoms with Gasteiger partial charge in [0, 0.05) is 57.3 Å². The van der Waals surface area contributed by atoms with E-state index in [0.717, 1.165) is 79.1 Å². The highest BCUT2D eigenvalue weighted by atomic mass is 19.4. The Morgan fingerprint density at radius 1 is 0.804 bits per heavy atom. The van der Waals surface area contributed by atoms with Crippen LogP contribution in [0.4, 0.5) is 43.8 Å². The van der Waals surface area contributed by atoms with Crippen LogP contribution in [0.25, 0.3) is 11.0 Å². The number of aromatic nitrogens is 5. The number of nitrogens with zero attached hydrogens (tertiary/aromatic N) is 8. The van der Waals surface area contributed by atoms with Crippen LogP contribution in [0.1, 0.15) is 67.5 Å². The van der Waals surface area contributed by atoms with E-state index in [2.05, 4.69) is 24.9 Å². The average Bonchev–Trinajstić information content (AvgIpc) is 4.05. The number of fused-ring (bicyclic) bond motifs is 1. The third-order valence-corrected chi connectivity index (χ3v) is 9.37. The van der Waals surface area contributed by atoms with Crippen LogP contribution >= 0.6 is 0 Å². The van der Waals surface area contributed by atoms with E-state index < -0.39 is 23.5 Å². The van der Waals surface area contributed by atoms with Crippen LogP contribution in [0.3, 0.4) is 0 Å². The van der Waals surface area contributed by atoms with Crippen molar-refractivity contribution in [2.45, 2.75) is 71.9 Å². The number of benzene rings is 1. The molecule has 0 unspecified atom stereocenters. The molecule has 0 bridgehead atoms. The minimum atomic E-state index is -4.97. The van der Waals surface area contributed by atoms with Gasteiger partial charge in [-0.2, -0.15) is 31.4 Å². The van der Waals surface area contributed by atoms with E-state index in [9.17, 15) is 26.3 Å². The van der Waals surface area contributed by atoms with Crippen molar-refractivity contribution in [2.75, 3.05) is 54.1 Å². The summed E-state index contributed by atoms with van der Waals surface area (Å²) in [6.07, 6.45) is -2.13. The molecular weight excluding hydrogens is 674 g/mol. The summed E-state index contributed by atoms with van der Waals surface area (Å²) in [5, 5.41) is 5.39. The van der Waals surface area contributed by atoms with Crippen LogP contribution in [-0.2, 0) is 37.2 Å². The van der Waals surface area contributed by atoms with Crippen LogP contribution < -0.4 is 14.7 Å². The maximum atomic E-state index is 13.9. The van der Waals surface area contributed by atoms with E-state index >= 15 is 0 Å². The van der Waals surface area contributed by atoms with Gasteiger partial charge in [-0.3, -0.25) is 4.68 Å². The van der Waals surface area contributed by atoms with Crippen molar-refractivity contribution in [3.8, 4) is 0 Å². The van der Waals surface area contributed by atoms with E-state index in [-0.39, 0.29) is 30.7 Å². The Labute approximate surface area is 293 Å². The Hall–Kier alpha value is -4.14. The molecule has 0 spiro atoms. The molecule has 51 heavy (non-hydrogen) atoms. The van der Waals surface area contributed by atoms with Crippen molar-refractivity contribution in [2.24, 2.45) is 18.9 Å². The summed E-state index contributed by atoms with van der Waals surface area (Å²) in [6, 6.07) is 3.68. The fourth-order valence-corrected chi connectivity index (χ4v) is 6.43. The number of ether oxygens (including phenoxy) is 1. The molecule has 2 aliphatic carbocycles. The predicted molar refractivity (Wildman–Crippen MR) is 184 cm³/mol. The van der Waals surface area contributed by atoms with Crippen molar-refractivity contribution < 1.29 is 31.1 Å². The first kappa shape index (κ1) is 36.6. The lowest BCUT2D eigenvalue weighted by atomic mass is 10.0. The van der Waals surface area contributed by atoms with Gasteiger partial charge in [-0.1, -0.05) is 13.8 Å². The zero-order valence-corrected chi connectivity index (χ0v) is 29.4. The number of halogens is 6. The number of aryl methyl sites for hydroxylation is 2. The maximum absolute atomic E-state index is 13.9. The van der Waals surface area contributed by atoms with E-state index in [1.54, 1.807) is 22.0 Å². The van der Waals surface area contributed by atoms with Gasteiger partial charge in [-0.05, 0) is 74.3 Å². The zero-order chi connectivity index (χ0) is 36.5. The fourth-order valence-electron chi connectivity index (χ4n) is 6.43. The lowest BCUT2D eigenvalue weighted by molar-refractivity contribution is -0.143. The second kappa shape index (κ2) is 14.8. The Kier molecular flexibility index (Phi) is 10.7. The Morgan fingerprint density at radius 3 is 1.90 bits per heavy atom. The van der Waals surface area contributed by atoms with Gasteiger partial charge in [0.1, 0.15) is 5.82 Å². The molecule has 4 heterocycles. The lowest BCUT2D eigenvalue weighted by Gasteiger charge is -2.30. The van der Waals surface area contributed by atoms with E-state index in [4.69, 9.17) is 9.72 Å². The zero-order valence-electron chi connectivity index (χ0n) is 29.4. The molecule has 276 valence electrons. The van der Waals surface area contributed by atoms with Crippen molar-refractivity contribution in [3.05, 3.63) is 64.6 Å². The third kappa shape index (κ3) is 8.85. The molecule has 1 aliphatic heterocycles. The molecule has 0 radical (unpaired) electrons. The minimum absolute atomic E-state index is 0.0902. The Morgan fingerprint density at radius 2 is 1.37 bits per heavy atom. The quantitative estimate of drug-likeness (QED) is 0.146. The summed E-state index contributed by atoms with van der Waals surface area (Å²) in [5.41, 5.74) is 0.0987. The van der Waals surface area contributed by atoms with Gasteiger partial charge in [0.05, 0.1) is 48.1 Å². The standard InChI is InChI=1S/C34H38F6N8O.C2H6/c1-21-29-13-25(30(43-31(29)45(2)44-21)47(17-22-3-4-22)18-23-5-6-23)20-48(32-41-15-28(16-42-32)46-7-9-49-10-8-46)19-24-11-26(33(35,36)37)14-27(12-24)34(38,39)40;1-2/h11-16,22-23H,3-10,17-20H2,1-2H3;1-2H3. The van der Waals surface area contributed by atoms with E-state index in [0.29, 0.717) is 43.8 Å². The Bertz CT molecular complexity index is 1750. The van der Waals surface area contributed by atoms with Gasteiger partial charge in [0.2, 0.25) is 5.95 Å². The first-order chi connectivity index (χ1) is 24.3. The number of alkyl halides is 6. The second-order valence-electron chi connectivity index (χ2n) is 13.5. The first-order valence-corrected chi connectivity index (χ1v) is 17.6. The monoisotopic (exact) mass is 718 g/mol. The summed E-state index contributed by atoms with van der Waals surface area (Å²) in [7, 11) is 1.83. The predicted octanol–water partition coefficient (Wildman–Crippen LogP) is 7.80. The Balaban J connectivity index is 0.00000220. The summed E-state index contributed by atoms with van der Waals surface area (Å²) < 4.78 is 90.4. The van der Waals surface area contributed by atoms with Gasteiger partial charge in [0.15, 0.2) is 5.65 Å². The summed E-state index contributed by atoms with van der Waals surface area (Å²) >= 11 is 0. The normalized spacial score (nSPS) is 16.6. The van der Waals surface area contributed by atoms with Crippen molar-refractivity contribution in [1.29, 1.82) is 0 Å². The largest absolute Gasteiger partial charge is 0.416 e. The van der Waals surface area contributed by atoms with Gasteiger partial charge in [-0.15, -0.1) is 0 Å². The number of hydrogen-bond donors (Lipinski definition) is 0. The third-order valence-electron chi connectivity index (χ3n) is 9.37. The van der Waals surface area contributed by atoms with Crippen LogP contribution in [0.15, 0.2) is 36.7 Å². The van der Waals surface area contributed by atoms with Crippen molar-refractivity contribution in [3.63, 3.8) is 0 Å². The van der Waals surface area contributed by atoms with E-state index in [1.165, 1.54) is 0 Å². The van der Waals surface area contributed by atoms with Crippen LogP contribution in [-0.4, -0.2) is 64.1 Å². The molecule has 3 aromatic heterocycles. The molecule has 9 nitrogen and oxygen atoms in total. The highest BCUT2D eigenvalue weighted by Gasteiger charge is 2.37. The number of anilines is 3. The maximum Gasteiger partial charge on any atom is 0.416 e. The molecule has 0 atom stereocenters. The summed E-state index contributed by atoms with van der Waals surface area (Å²) in [6.45, 7) is 9.71. The fraction of sp³-hybridized carbons (Fsp3) is 0.556.